The minimum atomic E-state index is -0.0753. The summed E-state index contributed by atoms with van der Waals surface area (Å²) in [6, 6.07) is 4.23. The van der Waals surface area contributed by atoms with Crippen molar-refractivity contribution in [1.29, 1.82) is 0 Å². The van der Waals surface area contributed by atoms with E-state index in [1.165, 1.54) is 4.88 Å². The van der Waals surface area contributed by atoms with E-state index in [9.17, 15) is 4.79 Å². The highest BCUT2D eigenvalue weighted by atomic mass is 32.1. The fourth-order valence-corrected chi connectivity index (χ4v) is 2.90. The first-order valence-electron chi connectivity index (χ1n) is 5.16. The normalized spacial score (nSPS) is 19.5. The molecule has 1 fully saturated rings. The number of azide groups is 1. The molecule has 1 atom stereocenters. The van der Waals surface area contributed by atoms with Gasteiger partial charge in [-0.15, -0.1) is 11.3 Å². The zero-order chi connectivity index (χ0) is 11.4. The number of carbonyl (C=O) groups excluding carboxylic acids is 1. The smallest absolute Gasteiger partial charge is 0.228 e. The van der Waals surface area contributed by atoms with E-state index in [1.807, 2.05) is 16.3 Å². The van der Waals surface area contributed by atoms with E-state index in [2.05, 4.69) is 16.1 Å². The van der Waals surface area contributed by atoms with E-state index in [4.69, 9.17) is 5.53 Å². The summed E-state index contributed by atoms with van der Waals surface area (Å²) in [5.41, 5.74) is 8.20. The Morgan fingerprint density at radius 3 is 3.31 bits per heavy atom. The van der Waals surface area contributed by atoms with Gasteiger partial charge in [0.1, 0.15) is 6.54 Å². The first-order chi connectivity index (χ1) is 7.83. The van der Waals surface area contributed by atoms with E-state index < -0.39 is 0 Å². The average Bonchev–Trinajstić information content (AvgIpc) is 2.94. The first kappa shape index (κ1) is 11.0. The standard InChI is InChI=1S/C10H12N4OS/c11-13-12-7-10(15)14-5-1-3-8(14)9-4-2-6-16-9/h2,4,6,8H,1,3,5,7H2. The van der Waals surface area contributed by atoms with Gasteiger partial charge in [-0.2, -0.15) is 0 Å². The van der Waals surface area contributed by atoms with Crippen molar-refractivity contribution in [2.45, 2.75) is 18.9 Å². The number of amides is 1. The van der Waals surface area contributed by atoms with Crippen LogP contribution in [0, 0.1) is 0 Å². The van der Waals surface area contributed by atoms with Crippen LogP contribution in [0.2, 0.25) is 0 Å². The van der Waals surface area contributed by atoms with Gasteiger partial charge in [0.15, 0.2) is 0 Å². The monoisotopic (exact) mass is 236 g/mol. The molecule has 84 valence electrons. The minimum Gasteiger partial charge on any atom is -0.335 e. The summed E-state index contributed by atoms with van der Waals surface area (Å²) in [5, 5.41) is 5.34. The van der Waals surface area contributed by atoms with E-state index in [0.717, 1.165) is 19.4 Å². The van der Waals surface area contributed by atoms with Gasteiger partial charge < -0.3 is 4.90 Å². The third kappa shape index (κ3) is 2.18. The SMILES string of the molecule is [N-]=[N+]=NCC(=O)N1CCCC1c1cccs1. The van der Waals surface area contributed by atoms with Gasteiger partial charge in [-0.05, 0) is 29.8 Å². The molecule has 1 aliphatic rings. The zero-order valence-corrected chi connectivity index (χ0v) is 9.56. The Hall–Kier alpha value is -1.52. The molecular weight excluding hydrogens is 224 g/mol. The topological polar surface area (TPSA) is 69.1 Å². The van der Waals surface area contributed by atoms with Crippen molar-refractivity contribution in [3.05, 3.63) is 32.8 Å². The van der Waals surface area contributed by atoms with Gasteiger partial charge in [0.2, 0.25) is 5.91 Å². The summed E-state index contributed by atoms with van der Waals surface area (Å²) in [5.74, 6) is -0.0753. The molecule has 1 saturated heterocycles. The Labute approximate surface area is 97.3 Å². The second-order valence-electron chi connectivity index (χ2n) is 3.65. The lowest BCUT2D eigenvalue weighted by Gasteiger charge is -2.23. The second-order valence-corrected chi connectivity index (χ2v) is 4.63. The Balaban J connectivity index is 2.09. The second kappa shape index (κ2) is 5.01. The summed E-state index contributed by atoms with van der Waals surface area (Å²) in [6.07, 6.45) is 2.02. The molecule has 5 nitrogen and oxygen atoms in total. The molecule has 2 heterocycles. The van der Waals surface area contributed by atoms with Crippen LogP contribution in [0.5, 0.6) is 0 Å². The molecule has 6 heteroatoms. The Bertz CT molecular complexity index is 410. The Morgan fingerprint density at radius 2 is 2.62 bits per heavy atom. The van der Waals surface area contributed by atoms with Crippen molar-refractivity contribution in [3.63, 3.8) is 0 Å². The van der Waals surface area contributed by atoms with Crippen LogP contribution in [-0.2, 0) is 4.79 Å². The molecule has 0 spiro atoms. The number of hydrogen-bond donors (Lipinski definition) is 0. The number of nitrogens with zero attached hydrogens (tertiary/aromatic N) is 4. The van der Waals surface area contributed by atoms with Crippen LogP contribution in [0.25, 0.3) is 10.4 Å². The lowest BCUT2D eigenvalue weighted by atomic mass is 10.2. The summed E-state index contributed by atoms with van der Waals surface area (Å²) in [6.45, 7) is 0.695. The molecule has 0 bridgehead atoms. The van der Waals surface area contributed by atoms with Gasteiger partial charge >= 0.3 is 0 Å². The molecular formula is C10H12N4OS. The molecule has 1 amide bonds. The summed E-state index contributed by atoms with van der Waals surface area (Å²) >= 11 is 1.67. The number of rotatable bonds is 3. The van der Waals surface area contributed by atoms with Gasteiger partial charge in [0, 0.05) is 16.3 Å². The number of hydrogen-bond acceptors (Lipinski definition) is 3. The summed E-state index contributed by atoms with van der Waals surface area (Å²) < 4.78 is 0. The van der Waals surface area contributed by atoms with Crippen molar-refractivity contribution in [3.8, 4) is 0 Å². The summed E-state index contributed by atoms with van der Waals surface area (Å²) in [7, 11) is 0. The summed E-state index contributed by atoms with van der Waals surface area (Å²) in [4.78, 5) is 17.4. The van der Waals surface area contributed by atoms with Crippen LogP contribution in [0.3, 0.4) is 0 Å². The number of carbonyl (C=O) groups is 1. The van der Waals surface area contributed by atoms with Gasteiger partial charge in [-0.3, -0.25) is 4.79 Å². The highest BCUT2D eigenvalue weighted by molar-refractivity contribution is 7.10. The van der Waals surface area contributed by atoms with E-state index in [-0.39, 0.29) is 18.5 Å². The Kier molecular flexibility index (Phi) is 3.44. The molecule has 0 N–H and O–H groups in total. The lowest BCUT2D eigenvalue weighted by Crippen LogP contribution is -2.31. The molecule has 0 aliphatic carbocycles. The quantitative estimate of drug-likeness (QED) is 0.452. The van der Waals surface area contributed by atoms with Crippen molar-refractivity contribution in [2.75, 3.05) is 13.1 Å². The van der Waals surface area contributed by atoms with Crippen LogP contribution in [0.15, 0.2) is 22.6 Å². The van der Waals surface area contributed by atoms with Gasteiger partial charge in [0.05, 0.1) is 6.04 Å². The van der Waals surface area contributed by atoms with Crippen molar-refractivity contribution in [2.24, 2.45) is 5.11 Å². The molecule has 16 heavy (non-hydrogen) atoms. The molecule has 0 aromatic carbocycles. The van der Waals surface area contributed by atoms with Crippen LogP contribution in [0.4, 0.5) is 0 Å². The van der Waals surface area contributed by atoms with Crippen LogP contribution in [-0.4, -0.2) is 23.9 Å². The van der Waals surface area contributed by atoms with Crippen molar-refractivity contribution in [1.82, 2.24) is 4.90 Å². The maximum Gasteiger partial charge on any atom is 0.228 e. The van der Waals surface area contributed by atoms with Crippen LogP contribution < -0.4 is 0 Å². The molecule has 2 rings (SSSR count). The van der Waals surface area contributed by atoms with Crippen molar-refractivity contribution >= 4 is 17.2 Å². The fourth-order valence-electron chi connectivity index (χ4n) is 2.02. The van der Waals surface area contributed by atoms with Gasteiger partial charge in [-0.25, -0.2) is 0 Å². The minimum absolute atomic E-state index is 0.0711. The highest BCUT2D eigenvalue weighted by Gasteiger charge is 2.29. The fraction of sp³-hybridized carbons (Fsp3) is 0.500. The van der Waals surface area contributed by atoms with E-state index in [1.54, 1.807) is 11.3 Å². The highest BCUT2D eigenvalue weighted by Crippen LogP contribution is 2.34. The first-order valence-corrected chi connectivity index (χ1v) is 6.04. The largest absolute Gasteiger partial charge is 0.335 e. The van der Waals surface area contributed by atoms with E-state index in [0.29, 0.717) is 0 Å². The average molecular weight is 236 g/mol. The maximum absolute atomic E-state index is 11.8. The molecule has 1 aromatic heterocycles. The third-order valence-electron chi connectivity index (χ3n) is 2.71. The molecule has 1 aromatic rings. The predicted molar refractivity (Wildman–Crippen MR) is 62.0 cm³/mol. The molecule has 0 radical (unpaired) electrons. The molecule has 1 aliphatic heterocycles. The van der Waals surface area contributed by atoms with Gasteiger partial charge in [0.25, 0.3) is 0 Å². The maximum atomic E-state index is 11.8. The molecule has 1 unspecified atom stereocenters. The zero-order valence-electron chi connectivity index (χ0n) is 8.74. The molecule has 0 saturated carbocycles. The third-order valence-corrected chi connectivity index (χ3v) is 3.69. The number of likely N-dealkylation sites (tertiary alicyclic amines) is 1. The van der Waals surface area contributed by atoms with Gasteiger partial charge in [-0.1, -0.05) is 11.2 Å². The van der Waals surface area contributed by atoms with E-state index >= 15 is 0 Å². The van der Waals surface area contributed by atoms with Crippen LogP contribution in [0.1, 0.15) is 23.8 Å². The number of thiophene rings is 1. The Morgan fingerprint density at radius 1 is 1.75 bits per heavy atom. The lowest BCUT2D eigenvalue weighted by molar-refractivity contribution is -0.130. The van der Waals surface area contributed by atoms with Crippen LogP contribution >= 0.6 is 11.3 Å². The predicted octanol–water partition coefficient (Wildman–Crippen LogP) is 2.72. The van der Waals surface area contributed by atoms with Crippen molar-refractivity contribution < 1.29 is 4.79 Å².